The molecule has 0 saturated carbocycles. The predicted molar refractivity (Wildman–Crippen MR) is 70.6 cm³/mol. The zero-order valence-corrected chi connectivity index (χ0v) is 10.0. The number of ether oxygens (including phenoxy) is 1. The second kappa shape index (κ2) is 5.23. The molecule has 1 aliphatic rings. The van der Waals surface area contributed by atoms with Gasteiger partial charge >= 0.3 is 0 Å². The number of benzene rings is 1. The molecule has 1 aliphatic heterocycles. The lowest BCUT2D eigenvalue weighted by atomic mass is 10.1. The Morgan fingerprint density at radius 1 is 1.25 bits per heavy atom. The summed E-state index contributed by atoms with van der Waals surface area (Å²) in [6, 6.07) is 8.17. The van der Waals surface area contributed by atoms with Gasteiger partial charge in [-0.25, -0.2) is 0 Å². The van der Waals surface area contributed by atoms with E-state index in [0.717, 1.165) is 42.4 Å². The number of hydrogen-bond donors (Lipinski definition) is 0. The van der Waals surface area contributed by atoms with Crippen molar-refractivity contribution in [3.8, 4) is 0 Å². The van der Waals surface area contributed by atoms with E-state index < -0.39 is 0 Å². The molecule has 84 valence electrons. The van der Waals surface area contributed by atoms with Crippen LogP contribution in [0.1, 0.15) is 11.1 Å². The first-order chi connectivity index (χ1) is 7.81. The maximum atomic E-state index is 5.46. The first-order valence-electron chi connectivity index (χ1n) is 5.41. The van der Waals surface area contributed by atoms with Gasteiger partial charge in [0.05, 0.1) is 13.2 Å². The third-order valence-corrected chi connectivity index (χ3v) is 3.19. The highest BCUT2D eigenvalue weighted by Crippen LogP contribution is 2.11. The molecule has 0 unspecified atom stereocenters. The van der Waals surface area contributed by atoms with Crippen LogP contribution in [0.25, 0.3) is 6.08 Å². The Hall–Kier alpha value is -1.19. The highest BCUT2D eigenvalue weighted by molar-refractivity contribution is 7.80. The van der Waals surface area contributed by atoms with Crippen LogP contribution in [0.4, 0.5) is 0 Å². The lowest BCUT2D eigenvalue weighted by Gasteiger charge is -2.29. The van der Waals surface area contributed by atoms with Crippen molar-refractivity contribution in [2.75, 3.05) is 26.3 Å². The second-order valence-electron chi connectivity index (χ2n) is 3.73. The van der Waals surface area contributed by atoms with E-state index in [2.05, 4.69) is 23.6 Å². The topological polar surface area (TPSA) is 12.5 Å². The van der Waals surface area contributed by atoms with Crippen molar-refractivity contribution in [3.05, 3.63) is 42.0 Å². The fourth-order valence-corrected chi connectivity index (χ4v) is 2.03. The molecule has 1 saturated heterocycles. The third kappa shape index (κ3) is 2.49. The number of hydrogen-bond acceptors (Lipinski definition) is 2. The molecule has 1 fully saturated rings. The average molecular weight is 233 g/mol. The SMILES string of the molecule is C=Cc1ccc(C(=S)N2CCOCC2)cc1. The zero-order chi connectivity index (χ0) is 11.4. The van der Waals surface area contributed by atoms with E-state index in [0.29, 0.717) is 0 Å². The van der Waals surface area contributed by atoms with Crippen LogP contribution >= 0.6 is 12.2 Å². The van der Waals surface area contributed by atoms with Crippen molar-refractivity contribution in [2.24, 2.45) is 0 Å². The lowest BCUT2D eigenvalue weighted by molar-refractivity contribution is 0.0693. The summed E-state index contributed by atoms with van der Waals surface area (Å²) in [5.74, 6) is 0. The molecule has 0 atom stereocenters. The predicted octanol–water partition coefficient (Wildman–Crippen LogP) is 2.34. The first-order valence-corrected chi connectivity index (χ1v) is 5.81. The van der Waals surface area contributed by atoms with Crippen LogP contribution in [0.2, 0.25) is 0 Å². The van der Waals surface area contributed by atoms with Crippen molar-refractivity contribution >= 4 is 23.3 Å². The molecule has 0 aromatic heterocycles. The number of nitrogens with zero attached hydrogens (tertiary/aromatic N) is 1. The number of thiocarbonyl (C=S) groups is 1. The van der Waals surface area contributed by atoms with Gasteiger partial charge in [0.1, 0.15) is 4.99 Å². The summed E-state index contributed by atoms with van der Waals surface area (Å²) in [5.41, 5.74) is 2.22. The van der Waals surface area contributed by atoms with Crippen molar-refractivity contribution in [3.63, 3.8) is 0 Å². The third-order valence-electron chi connectivity index (χ3n) is 2.69. The summed E-state index contributed by atoms with van der Waals surface area (Å²) in [6.45, 7) is 7.05. The molecule has 3 heteroatoms. The summed E-state index contributed by atoms with van der Waals surface area (Å²) in [6.07, 6.45) is 1.83. The summed E-state index contributed by atoms with van der Waals surface area (Å²) in [4.78, 5) is 3.11. The normalized spacial score (nSPS) is 15.9. The van der Waals surface area contributed by atoms with Gasteiger partial charge in [0.25, 0.3) is 0 Å². The van der Waals surface area contributed by atoms with Gasteiger partial charge in [-0.1, -0.05) is 49.1 Å². The van der Waals surface area contributed by atoms with Crippen LogP contribution in [0.5, 0.6) is 0 Å². The van der Waals surface area contributed by atoms with E-state index >= 15 is 0 Å². The molecule has 1 aromatic rings. The van der Waals surface area contributed by atoms with E-state index in [1.807, 2.05) is 18.2 Å². The molecule has 2 rings (SSSR count). The Labute approximate surface area is 102 Å². The van der Waals surface area contributed by atoms with E-state index in [4.69, 9.17) is 17.0 Å². The Morgan fingerprint density at radius 2 is 1.88 bits per heavy atom. The molecule has 1 heterocycles. The molecule has 0 bridgehead atoms. The highest BCUT2D eigenvalue weighted by Gasteiger charge is 2.14. The van der Waals surface area contributed by atoms with Crippen LogP contribution in [-0.2, 0) is 4.74 Å². The minimum Gasteiger partial charge on any atom is -0.378 e. The van der Waals surface area contributed by atoms with Crippen molar-refractivity contribution < 1.29 is 4.74 Å². The molecule has 2 nitrogen and oxygen atoms in total. The van der Waals surface area contributed by atoms with Gasteiger partial charge in [0, 0.05) is 18.7 Å². The Bertz CT molecular complexity index is 379. The molecule has 16 heavy (non-hydrogen) atoms. The maximum absolute atomic E-state index is 5.46. The van der Waals surface area contributed by atoms with E-state index in [9.17, 15) is 0 Å². The fourth-order valence-electron chi connectivity index (χ4n) is 1.71. The second-order valence-corrected chi connectivity index (χ2v) is 4.12. The molecule has 0 N–H and O–H groups in total. The van der Waals surface area contributed by atoms with Crippen LogP contribution in [0.15, 0.2) is 30.8 Å². The summed E-state index contributed by atoms with van der Waals surface area (Å²) in [7, 11) is 0. The molecule has 0 aliphatic carbocycles. The van der Waals surface area contributed by atoms with Crippen LogP contribution in [-0.4, -0.2) is 36.2 Å². The van der Waals surface area contributed by atoms with E-state index in [1.165, 1.54) is 0 Å². The summed E-state index contributed by atoms with van der Waals surface area (Å²) in [5, 5.41) is 0. The van der Waals surface area contributed by atoms with Gasteiger partial charge in [0.2, 0.25) is 0 Å². The van der Waals surface area contributed by atoms with Crippen LogP contribution < -0.4 is 0 Å². The minimum absolute atomic E-state index is 0.769. The minimum atomic E-state index is 0.769. The van der Waals surface area contributed by atoms with Gasteiger partial charge in [-0.2, -0.15) is 0 Å². The first kappa shape index (κ1) is 11.3. The maximum Gasteiger partial charge on any atom is 0.109 e. The zero-order valence-electron chi connectivity index (χ0n) is 9.19. The summed E-state index contributed by atoms with van der Waals surface area (Å²) >= 11 is 5.46. The Kier molecular flexibility index (Phi) is 3.70. The smallest absolute Gasteiger partial charge is 0.109 e. The van der Waals surface area contributed by atoms with E-state index in [1.54, 1.807) is 0 Å². The molecular formula is C13H15NOS. The van der Waals surface area contributed by atoms with Crippen molar-refractivity contribution in [1.29, 1.82) is 0 Å². The standard InChI is InChI=1S/C13H15NOS/c1-2-11-3-5-12(6-4-11)13(16)14-7-9-15-10-8-14/h2-6H,1,7-10H2. The summed E-state index contributed by atoms with van der Waals surface area (Å²) < 4.78 is 5.31. The Morgan fingerprint density at radius 3 is 2.44 bits per heavy atom. The van der Waals surface area contributed by atoms with Crippen molar-refractivity contribution in [1.82, 2.24) is 4.90 Å². The fraction of sp³-hybridized carbons (Fsp3) is 0.308. The number of rotatable bonds is 2. The van der Waals surface area contributed by atoms with Gasteiger partial charge < -0.3 is 9.64 Å². The highest BCUT2D eigenvalue weighted by atomic mass is 32.1. The van der Waals surface area contributed by atoms with Gasteiger partial charge in [0.15, 0.2) is 0 Å². The van der Waals surface area contributed by atoms with Crippen molar-refractivity contribution in [2.45, 2.75) is 0 Å². The van der Waals surface area contributed by atoms with Crippen LogP contribution in [0.3, 0.4) is 0 Å². The monoisotopic (exact) mass is 233 g/mol. The lowest BCUT2D eigenvalue weighted by Crippen LogP contribution is -2.40. The van der Waals surface area contributed by atoms with Gasteiger partial charge in [-0.15, -0.1) is 0 Å². The molecule has 0 radical (unpaired) electrons. The quantitative estimate of drug-likeness (QED) is 0.728. The van der Waals surface area contributed by atoms with E-state index in [-0.39, 0.29) is 0 Å². The number of morpholine rings is 1. The Balaban J connectivity index is 2.10. The molecule has 0 spiro atoms. The molecular weight excluding hydrogens is 218 g/mol. The average Bonchev–Trinajstić information content (AvgIpc) is 2.39. The van der Waals surface area contributed by atoms with Gasteiger partial charge in [-0.05, 0) is 5.56 Å². The largest absolute Gasteiger partial charge is 0.378 e. The molecule has 1 aromatic carbocycles. The molecule has 0 amide bonds. The van der Waals surface area contributed by atoms with Gasteiger partial charge in [-0.3, -0.25) is 0 Å². The van der Waals surface area contributed by atoms with Crippen LogP contribution in [0, 0.1) is 0 Å².